The van der Waals surface area contributed by atoms with E-state index in [0.29, 0.717) is 17.8 Å². The number of benzene rings is 3. The molecule has 3 rings (SSSR count). The van der Waals surface area contributed by atoms with Crippen LogP contribution in [-0.2, 0) is 6.54 Å². The zero-order chi connectivity index (χ0) is 20.8. The fraction of sp³-hybridized carbons (Fsp3) is 0.0870. The van der Waals surface area contributed by atoms with Crippen molar-refractivity contribution in [1.82, 2.24) is 4.90 Å². The fourth-order valence-corrected chi connectivity index (χ4v) is 2.97. The number of carboxylic acid groups (broad SMARTS) is 1. The van der Waals surface area contributed by atoms with Gasteiger partial charge in [0.15, 0.2) is 0 Å². The summed E-state index contributed by atoms with van der Waals surface area (Å²) < 4.78 is 0. The smallest absolute Gasteiger partial charge is 0.336 e. The molecule has 0 aromatic heterocycles. The van der Waals surface area contributed by atoms with Gasteiger partial charge >= 0.3 is 5.97 Å². The summed E-state index contributed by atoms with van der Waals surface area (Å²) in [4.78, 5) is 38.6. The van der Waals surface area contributed by atoms with Gasteiger partial charge in [-0.3, -0.25) is 9.59 Å². The zero-order valence-electron chi connectivity index (χ0n) is 15.8. The highest BCUT2D eigenvalue weighted by atomic mass is 16.4. The average molecular weight is 388 g/mol. The minimum Gasteiger partial charge on any atom is -0.478 e. The molecular formula is C23H20N2O4. The number of anilines is 1. The summed E-state index contributed by atoms with van der Waals surface area (Å²) in [7, 11) is 1.69. The Kier molecular flexibility index (Phi) is 6.04. The van der Waals surface area contributed by atoms with E-state index in [2.05, 4.69) is 5.32 Å². The van der Waals surface area contributed by atoms with E-state index >= 15 is 0 Å². The first-order chi connectivity index (χ1) is 14.0. The molecule has 29 heavy (non-hydrogen) atoms. The predicted octanol–water partition coefficient (Wildman–Crippen LogP) is 3.91. The van der Waals surface area contributed by atoms with E-state index in [1.807, 2.05) is 30.3 Å². The van der Waals surface area contributed by atoms with Gasteiger partial charge in [-0.1, -0.05) is 54.6 Å². The summed E-state index contributed by atoms with van der Waals surface area (Å²) in [5, 5.41) is 12.0. The molecule has 2 amide bonds. The van der Waals surface area contributed by atoms with Crippen LogP contribution in [0.3, 0.4) is 0 Å². The first kappa shape index (κ1) is 19.8. The molecule has 6 heteroatoms. The number of carbonyl (C=O) groups excluding carboxylic acids is 2. The van der Waals surface area contributed by atoms with Crippen LogP contribution in [0.4, 0.5) is 5.69 Å². The Bertz CT molecular complexity index is 1050. The van der Waals surface area contributed by atoms with Gasteiger partial charge in [0, 0.05) is 13.6 Å². The van der Waals surface area contributed by atoms with E-state index in [4.69, 9.17) is 0 Å². The van der Waals surface area contributed by atoms with Crippen molar-refractivity contribution in [3.63, 3.8) is 0 Å². The number of hydrogen-bond acceptors (Lipinski definition) is 3. The Hall–Kier alpha value is -3.93. The Labute approximate surface area is 168 Å². The van der Waals surface area contributed by atoms with Crippen molar-refractivity contribution >= 4 is 23.5 Å². The molecule has 2 N–H and O–H groups in total. The summed E-state index contributed by atoms with van der Waals surface area (Å²) in [5.74, 6) is -2.03. The molecule has 0 unspecified atom stereocenters. The van der Waals surface area contributed by atoms with Crippen LogP contribution in [0, 0.1) is 0 Å². The Balaban J connectivity index is 1.83. The minimum atomic E-state index is -1.19. The highest BCUT2D eigenvalue weighted by molar-refractivity contribution is 6.13. The highest BCUT2D eigenvalue weighted by Crippen LogP contribution is 2.20. The van der Waals surface area contributed by atoms with Gasteiger partial charge in [-0.25, -0.2) is 4.79 Å². The van der Waals surface area contributed by atoms with Crippen molar-refractivity contribution in [3.05, 3.63) is 101 Å². The molecule has 3 aromatic carbocycles. The maximum absolute atomic E-state index is 12.9. The summed E-state index contributed by atoms with van der Waals surface area (Å²) in [6, 6.07) is 22.2. The van der Waals surface area contributed by atoms with Crippen molar-refractivity contribution in [1.29, 1.82) is 0 Å². The van der Waals surface area contributed by atoms with Crippen molar-refractivity contribution in [2.24, 2.45) is 0 Å². The topological polar surface area (TPSA) is 86.7 Å². The lowest BCUT2D eigenvalue weighted by Gasteiger charge is -2.19. The number of aromatic carboxylic acids is 1. The number of nitrogens with one attached hydrogen (secondary N) is 1. The number of carboxylic acids is 1. The van der Waals surface area contributed by atoms with E-state index in [9.17, 15) is 19.5 Å². The van der Waals surface area contributed by atoms with Gasteiger partial charge in [-0.05, 0) is 29.8 Å². The van der Waals surface area contributed by atoms with Gasteiger partial charge in [-0.2, -0.15) is 0 Å². The normalized spacial score (nSPS) is 10.2. The summed E-state index contributed by atoms with van der Waals surface area (Å²) in [6.07, 6.45) is 0. The molecule has 0 aliphatic carbocycles. The lowest BCUT2D eigenvalue weighted by atomic mass is 10.1. The number of nitrogens with zero attached hydrogens (tertiary/aromatic N) is 1. The zero-order valence-corrected chi connectivity index (χ0v) is 15.8. The van der Waals surface area contributed by atoms with Crippen molar-refractivity contribution in [2.45, 2.75) is 6.54 Å². The highest BCUT2D eigenvalue weighted by Gasteiger charge is 2.20. The number of carbonyl (C=O) groups is 3. The van der Waals surface area contributed by atoms with Crippen molar-refractivity contribution < 1.29 is 19.5 Å². The van der Waals surface area contributed by atoms with Gasteiger partial charge in [0.05, 0.1) is 22.4 Å². The fourth-order valence-electron chi connectivity index (χ4n) is 2.97. The van der Waals surface area contributed by atoms with Crippen LogP contribution < -0.4 is 5.32 Å². The molecule has 0 aliphatic rings. The van der Waals surface area contributed by atoms with E-state index < -0.39 is 11.9 Å². The number of para-hydroxylation sites is 1. The summed E-state index contributed by atoms with van der Waals surface area (Å²) in [6.45, 7) is 0.420. The van der Waals surface area contributed by atoms with E-state index in [-0.39, 0.29) is 17.0 Å². The second-order valence-corrected chi connectivity index (χ2v) is 6.50. The maximum atomic E-state index is 12.9. The molecule has 0 aliphatic heterocycles. The first-order valence-electron chi connectivity index (χ1n) is 8.99. The average Bonchev–Trinajstić information content (AvgIpc) is 2.74. The molecule has 0 fully saturated rings. The Morgan fingerprint density at radius 2 is 1.34 bits per heavy atom. The van der Waals surface area contributed by atoms with Gasteiger partial charge in [0.2, 0.25) is 0 Å². The van der Waals surface area contributed by atoms with Gasteiger partial charge < -0.3 is 15.3 Å². The molecular weight excluding hydrogens is 368 g/mol. The molecule has 146 valence electrons. The first-order valence-corrected chi connectivity index (χ1v) is 8.99. The third-order valence-corrected chi connectivity index (χ3v) is 4.42. The monoisotopic (exact) mass is 388 g/mol. The number of hydrogen-bond donors (Lipinski definition) is 2. The van der Waals surface area contributed by atoms with Crippen LogP contribution in [0.2, 0.25) is 0 Å². The molecule has 0 saturated carbocycles. The quantitative estimate of drug-likeness (QED) is 0.670. The lowest BCUT2D eigenvalue weighted by Crippen LogP contribution is -2.27. The Morgan fingerprint density at radius 1 is 0.793 bits per heavy atom. The molecule has 0 saturated heterocycles. The predicted molar refractivity (Wildman–Crippen MR) is 110 cm³/mol. The van der Waals surface area contributed by atoms with Crippen LogP contribution >= 0.6 is 0 Å². The lowest BCUT2D eigenvalue weighted by molar-refractivity contribution is 0.0691. The molecule has 0 heterocycles. The van der Waals surface area contributed by atoms with Crippen LogP contribution in [-0.4, -0.2) is 34.8 Å². The second kappa shape index (κ2) is 8.84. The molecule has 0 bridgehead atoms. The molecule has 0 spiro atoms. The molecule has 3 aromatic rings. The van der Waals surface area contributed by atoms with Crippen LogP contribution in [0.5, 0.6) is 0 Å². The molecule has 0 atom stereocenters. The number of rotatable bonds is 6. The van der Waals surface area contributed by atoms with Crippen LogP contribution in [0.25, 0.3) is 0 Å². The van der Waals surface area contributed by atoms with Gasteiger partial charge in [0.25, 0.3) is 11.8 Å². The van der Waals surface area contributed by atoms with E-state index in [0.717, 1.165) is 5.56 Å². The standard InChI is InChI=1S/C23H20N2O4/c1-25(15-16-9-3-2-4-10-16)22(27)19-13-7-8-14-20(19)24-21(26)17-11-5-6-12-18(17)23(28)29/h2-14H,15H2,1H3,(H,24,26)(H,28,29). The van der Waals surface area contributed by atoms with Crippen molar-refractivity contribution in [2.75, 3.05) is 12.4 Å². The number of amides is 2. The third-order valence-electron chi connectivity index (χ3n) is 4.42. The van der Waals surface area contributed by atoms with E-state index in [1.54, 1.807) is 48.3 Å². The Morgan fingerprint density at radius 3 is 2.00 bits per heavy atom. The summed E-state index contributed by atoms with van der Waals surface area (Å²) >= 11 is 0. The maximum Gasteiger partial charge on any atom is 0.336 e. The molecule has 0 radical (unpaired) electrons. The van der Waals surface area contributed by atoms with Crippen LogP contribution in [0.15, 0.2) is 78.9 Å². The second-order valence-electron chi connectivity index (χ2n) is 6.50. The van der Waals surface area contributed by atoms with E-state index in [1.165, 1.54) is 12.1 Å². The largest absolute Gasteiger partial charge is 0.478 e. The minimum absolute atomic E-state index is 0.0277. The molecule has 6 nitrogen and oxygen atoms in total. The van der Waals surface area contributed by atoms with Gasteiger partial charge in [0.1, 0.15) is 0 Å². The van der Waals surface area contributed by atoms with Gasteiger partial charge in [-0.15, -0.1) is 0 Å². The SMILES string of the molecule is CN(Cc1ccccc1)C(=O)c1ccccc1NC(=O)c1ccccc1C(=O)O. The summed E-state index contributed by atoms with van der Waals surface area (Å²) in [5.41, 5.74) is 1.56. The van der Waals surface area contributed by atoms with Crippen LogP contribution in [0.1, 0.15) is 36.6 Å². The third kappa shape index (κ3) is 4.68. The van der Waals surface area contributed by atoms with Crippen molar-refractivity contribution in [3.8, 4) is 0 Å².